The molecule has 0 saturated heterocycles. The Morgan fingerprint density at radius 2 is 2.05 bits per heavy atom. The Morgan fingerprint density at radius 1 is 1.30 bits per heavy atom. The molecule has 20 heavy (non-hydrogen) atoms. The summed E-state index contributed by atoms with van der Waals surface area (Å²) in [6.07, 6.45) is 0. The minimum absolute atomic E-state index is 0.113. The molecule has 2 rings (SSSR count). The van der Waals surface area contributed by atoms with Gasteiger partial charge in [0, 0.05) is 12.1 Å². The number of nitrogens with two attached hydrogens (primary N) is 1. The second-order valence-electron chi connectivity index (χ2n) is 4.11. The number of hydrazine groups is 1. The summed E-state index contributed by atoms with van der Waals surface area (Å²) in [6, 6.07) is 6.14. The average Bonchev–Trinajstić information content (AvgIpc) is 2.40. The predicted molar refractivity (Wildman–Crippen MR) is 72.5 cm³/mol. The number of aryl methyl sites for hydroxylation is 2. The molecule has 0 aliphatic carbocycles. The molecule has 3 N–H and O–H groups in total. The van der Waals surface area contributed by atoms with Gasteiger partial charge in [-0.05, 0) is 25.5 Å². The third kappa shape index (κ3) is 2.98. The van der Waals surface area contributed by atoms with Crippen LogP contribution in [0.3, 0.4) is 0 Å². The van der Waals surface area contributed by atoms with E-state index in [4.69, 9.17) is 10.6 Å². The summed E-state index contributed by atoms with van der Waals surface area (Å²) in [6.45, 7) is 3.43. The van der Waals surface area contributed by atoms with Gasteiger partial charge in [-0.25, -0.2) is 10.8 Å². The molecule has 104 valence electrons. The Hall–Kier alpha value is -2.74. The number of nitro groups is 1. The monoisotopic (exact) mass is 275 g/mol. The Balaban J connectivity index is 2.39. The third-order valence-electron chi connectivity index (χ3n) is 2.49. The fourth-order valence-electron chi connectivity index (χ4n) is 1.64. The smallest absolute Gasteiger partial charge is 0.311 e. The maximum absolute atomic E-state index is 11.0. The number of nitrogens with one attached hydrogen (secondary N) is 1. The number of nitrogen functional groups attached to an aromatic ring is 1. The quantitative estimate of drug-likeness (QED) is 0.498. The number of ether oxygens (including phenoxy) is 1. The molecule has 1 heterocycles. The zero-order valence-corrected chi connectivity index (χ0v) is 11.0. The van der Waals surface area contributed by atoms with Crippen LogP contribution in [0.1, 0.15) is 11.4 Å². The minimum Gasteiger partial charge on any atom is -0.432 e. The molecule has 2 aromatic rings. The van der Waals surface area contributed by atoms with Gasteiger partial charge in [-0.1, -0.05) is 6.07 Å². The van der Waals surface area contributed by atoms with Crippen molar-refractivity contribution in [3.05, 3.63) is 45.8 Å². The third-order valence-corrected chi connectivity index (χ3v) is 2.49. The topological polar surface area (TPSA) is 116 Å². The van der Waals surface area contributed by atoms with Crippen molar-refractivity contribution in [2.45, 2.75) is 13.8 Å². The number of rotatable bonds is 4. The summed E-state index contributed by atoms with van der Waals surface area (Å²) in [5.41, 5.74) is 3.02. The van der Waals surface area contributed by atoms with Crippen molar-refractivity contribution in [1.82, 2.24) is 9.97 Å². The van der Waals surface area contributed by atoms with Gasteiger partial charge in [0.2, 0.25) is 11.6 Å². The molecule has 0 unspecified atom stereocenters. The van der Waals surface area contributed by atoms with Gasteiger partial charge in [-0.3, -0.25) is 10.1 Å². The number of hydrogen-bond acceptors (Lipinski definition) is 7. The zero-order valence-electron chi connectivity index (χ0n) is 11.0. The van der Waals surface area contributed by atoms with Crippen LogP contribution in [0.5, 0.6) is 11.6 Å². The van der Waals surface area contributed by atoms with Crippen LogP contribution in [0.2, 0.25) is 0 Å². The lowest BCUT2D eigenvalue weighted by Crippen LogP contribution is -2.10. The van der Waals surface area contributed by atoms with Crippen LogP contribution >= 0.6 is 0 Å². The Labute approximate surface area is 114 Å². The first-order valence-electron chi connectivity index (χ1n) is 5.75. The zero-order chi connectivity index (χ0) is 14.7. The second-order valence-corrected chi connectivity index (χ2v) is 4.11. The number of nitrogens with zero attached hydrogens (tertiary/aromatic N) is 3. The van der Waals surface area contributed by atoms with Crippen LogP contribution in [-0.2, 0) is 0 Å². The van der Waals surface area contributed by atoms with Crippen LogP contribution in [0.4, 0.5) is 11.5 Å². The van der Waals surface area contributed by atoms with Crippen LogP contribution in [0.15, 0.2) is 24.3 Å². The molecular formula is C12H13N5O3. The molecule has 0 saturated carbocycles. The molecule has 1 aromatic carbocycles. The molecular weight excluding hydrogens is 262 g/mol. The summed E-state index contributed by atoms with van der Waals surface area (Å²) in [5, 5.41) is 11.0. The summed E-state index contributed by atoms with van der Waals surface area (Å²) in [7, 11) is 0. The van der Waals surface area contributed by atoms with E-state index in [1.54, 1.807) is 19.9 Å². The van der Waals surface area contributed by atoms with E-state index in [2.05, 4.69) is 15.4 Å². The highest BCUT2D eigenvalue weighted by Gasteiger charge is 2.16. The van der Waals surface area contributed by atoms with Crippen molar-refractivity contribution in [3.8, 4) is 11.6 Å². The fraction of sp³-hybridized carbons (Fsp3) is 0.167. The van der Waals surface area contributed by atoms with E-state index in [1.807, 2.05) is 0 Å². The normalized spacial score (nSPS) is 10.2. The molecule has 0 aliphatic heterocycles. The van der Waals surface area contributed by atoms with Gasteiger partial charge in [0.05, 0.1) is 4.92 Å². The highest BCUT2D eigenvalue weighted by Crippen LogP contribution is 2.31. The molecule has 0 fully saturated rings. The molecule has 0 spiro atoms. The fourth-order valence-corrected chi connectivity index (χ4v) is 1.64. The molecule has 0 amide bonds. The maximum Gasteiger partial charge on any atom is 0.311 e. The first-order chi connectivity index (χ1) is 9.49. The minimum atomic E-state index is -0.502. The van der Waals surface area contributed by atoms with E-state index in [9.17, 15) is 10.1 Å². The van der Waals surface area contributed by atoms with Crippen molar-refractivity contribution < 1.29 is 9.66 Å². The van der Waals surface area contributed by atoms with Crippen LogP contribution in [-0.4, -0.2) is 14.9 Å². The van der Waals surface area contributed by atoms with E-state index in [-0.39, 0.29) is 17.3 Å². The number of benzene rings is 1. The molecule has 0 radical (unpaired) electrons. The molecule has 0 atom stereocenters. The van der Waals surface area contributed by atoms with Crippen molar-refractivity contribution in [3.63, 3.8) is 0 Å². The van der Waals surface area contributed by atoms with Gasteiger partial charge in [0.25, 0.3) is 0 Å². The van der Waals surface area contributed by atoms with E-state index in [0.29, 0.717) is 11.6 Å². The van der Waals surface area contributed by atoms with Crippen molar-refractivity contribution in [2.24, 2.45) is 5.84 Å². The molecule has 1 aromatic heterocycles. The standard InChI is InChI=1S/C12H13N5O3/c1-7-3-4-10(9(5-7)17(18)19)20-12-6-11(16-13)14-8(2)15-12/h3-6H,13H2,1-2H3,(H,14,15,16). The highest BCUT2D eigenvalue weighted by molar-refractivity contribution is 5.50. The van der Waals surface area contributed by atoms with Crippen LogP contribution in [0, 0.1) is 24.0 Å². The van der Waals surface area contributed by atoms with Crippen molar-refractivity contribution in [1.29, 1.82) is 0 Å². The van der Waals surface area contributed by atoms with E-state index in [1.165, 1.54) is 18.2 Å². The first-order valence-corrected chi connectivity index (χ1v) is 5.75. The predicted octanol–water partition coefficient (Wildman–Crippen LogP) is 2.08. The highest BCUT2D eigenvalue weighted by atomic mass is 16.6. The van der Waals surface area contributed by atoms with Gasteiger partial charge in [0.1, 0.15) is 11.6 Å². The number of nitro benzene ring substituents is 1. The van der Waals surface area contributed by atoms with E-state index in [0.717, 1.165) is 5.56 Å². The van der Waals surface area contributed by atoms with Gasteiger partial charge >= 0.3 is 5.69 Å². The van der Waals surface area contributed by atoms with Gasteiger partial charge < -0.3 is 10.2 Å². The Bertz CT molecular complexity index is 660. The number of hydrogen-bond donors (Lipinski definition) is 2. The Kier molecular flexibility index (Phi) is 3.76. The molecule has 8 nitrogen and oxygen atoms in total. The number of anilines is 1. The summed E-state index contributed by atoms with van der Waals surface area (Å²) in [5.74, 6) is 6.36. The molecule has 8 heteroatoms. The van der Waals surface area contributed by atoms with Crippen LogP contribution in [0.25, 0.3) is 0 Å². The molecule has 0 aliphatic rings. The van der Waals surface area contributed by atoms with E-state index < -0.39 is 4.92 Å². The van der Waals surface area contributed by atoms with Crippen molar-refractivity contribution in [2.75, 3.05) is 5.43 Å². The largest absolute Gasteiger partial charge is 0.432 e. The SMILES string of the molecule is Cc1ccc(Oc2cc(NN)nc(C)n2)c([N+](=O)[O-])c1. The van der Waals surface area contributed by atoms with Gasteiger partial charge in [0.15, 0.2) is 0 Å². The lowest BCUT2D eigenvalue weighted by molar-refractivity contribution is -0.385. The molecule has 0 bridgehead atoms. The summed E-state index contributed by atoms with van der Waals surface area (Å²) >= 11 is 0. The first kappa shape index (κ1) is 13.7. The van der Waals surface area contributed by atoms with Crippen LogP contribution < -0.4 is 16.0 Å². The average molecular weight is 275 g/mol. The van der Waals surface area contributed by atoms with E-state index >= 15 is 0 Å². The number of aromatic nitrogens is 2. The Morgan fingerprint density at radius 3 is 2.70 bits per heavy atom. The van der Waals surface area contributed by atoms with Gasteiger partial charge in [-0.2, -0.15) is 4.98 Å². The summed E-state index contributed by atoms with van der Waals surface area (Å²) in [4.78, 5) is 18.6. The maximum atomic E-state index is 11.0. The second kappa shape index (κ2) is 5.49. The van der Waals surface area contributed by atoms with Crippen molar-refractivity contribution >= 4 is 11.5 Å². The van der Waals surface area contributed by atoms with Gasteiger partial charge in [-0.15, -0.1) is 0 Å². The lowest BCUT2D eigenvalue weighted by atomic mass is 10.2. The summed E-state index contributed by atoms with van der Waals surface area (Å²) < 4.78 is 5.46. The lowest BCUT2D eigenvalue weighted by Gasteiger charge is -2.08.